The van der Waals surface area contributed by atoms with Gasteiger partial charge in [0, 0.05) is 18.4 Å². The van der Waals surface area contributed by atoms with E-state index >= 15 is 0 Å². The smallest absolute Gasteiger partial charge is 0.252 e. The van der Waals surface area contributed by atoms with E-state index < -0.39 is 0 Å². The number of aryl methyl sites for hydroxylation is 1. The van der Waals surface area contributed by atoms with Crippen LogP contribution in [0.4, 0.5) is 0 Å². The number of aliphatic hydroxyl groups is 2. The van der Waals surface area contributed by atoms with Gasteiger partial charge in [0.05, 0.1) is 29.8 Å². The van der Waals surface area contributed by atoms with Crippen LogP contribution < -0.4 is 10.6 Å². The van der Waals surface area contributed by atoms with Crippen LogP contribution in [0.1, 0.15) is 61.0 Å². The molecule has 0 saturated heterocycles. The van der Waals surface area contributed by atoms with Crippen molar-refractivity contribution >= 4 is 42.3 Å². The summed E-state index contributed by atoms with van der Waals surface area (Å²) in [4.78, 5) is 17.3. The van der Waals surface area contributed by atoms with Crippen molar-refractivity contribution in [1.29, 1.82) is 0 Å². The van der Waals surface area contributed by atoms with Gasteiger partial charge in [-0.2, -0.15) is 0 Å². The summed E-state index contributed by atoms with van der Waals surface area (Å²) in [7, 11) is 0. The molecule has 0 aliphatic heterocycles. The lowest BCUT2D eigenvalue weighted by atomic mass is 9.49. The molecule has 0 unspecified atom stereocenters. The van der Waals surface area contributed by atoms with E-state index in [0.717, 1.165) is 36.4 Å². The molecule has 0 radical (unpaired) electrons. The minimum atomic E-state index is -0.297. The summed E-state index contributed by atoms with van der Waals surface area (Å²) in [6.45, 7) is 1.23. The van der Waals surface area contributed by atoms with E-state index in [1.165, 1.54) is 38.5 Å². The standard InChI is InChI=1S/C23H34ClN3O3.2ClH/c24-21-11-26-18(2-1-3-25-19(12-28)13-29)7-20(21)22(30)27-14-23-8-15-4-16(9-23)6-17(5-15)10-23;;/h7,11,15-17,19,25,28-29H,1-6,8-10,12-14H2,(H,27,30);2*1H. The fourth-order valence-corrected chi connectivity index (χ4v) is 6.61. The molecule has 32 heavy (non-hydrogen) atoms. The molecule has 5 rings (SSSR count). The highest BCUT2D eigenvalue weighted by atomic mass is 35.5. The number of aromatic nitrogens is 1. The molecular formula is C23H36Cl3N3O3. The first-order chi connectivity index (χ1) is 14.5. The lowest BCUT2D eigenvalue weighted by Crippen LogP contribution is -2.51. The van der Waals surface area contributed by atoms with Crippen LogP contribution >= 0.6 is 36.4 Å². The van der Waals surface area contributed by atoms with Gasteiger partial charge in [-0.05, 0) is 87.1 Å². The van der Waals surface area contributed by atoms with Gasteiger partial charge in [0.1, 0.15) is 0 Å². The van der Waals surface area contributed by atoms with E-state index in [1.807, 2.05) is 0 Å². The minimum absolute atomic E-state index is 0. The van der Waals surface area contributed by atoms with Gasteiger partial charge in [0.15, 0.2) is 0 Å². The molecule has 6 nitrogen and oxygen atoms in total. The Hall–Kier alpha value is -0.630. The van der Waals surface area contributed by atoms with Crippen LogP contribution in [0.25, 0.3) is 0 Å². The molecule has 4 bridgehead atoms. The molecule has 4 N–H and O–H groups in total. The van der Waals surface area contributed by atoms with E-state index in [9.17, 15) is 4.79 Å². The summed E-state index contributed by atoms with van der Waals surface area (Å²) in [6, 6.07) is 1.50. The van der Waals surface area contributed by atoms with Gasteiger partial charge < -0.3 is 20.8 Å². The van der Waals surface area contributed by atoms with Crippen LogP contribution in [-0.2, 0) is 6.42 Å². The fourth-order valence-electron chi connectivity index (χ4n) is 6.42. The van der Waals surface area contributed by atoms with Crippen molar-refractivity contribution in [3.63, 3.8) is 0 Å². The summed E-state index contributed by atoms with van der Waals surface area (Å²) in [5.41, 5.74) is 1.63. The topological polar surface area (TPSA) is 94.5 Å². The highest BCUT2D eigenvalue weighted by Gasteiger charge is 2.50. The van der Waals surface area contributed by atoms with Gasteiger partial charge in [-0.25, -0.2) is 0 Å². The maximum atomic E-state index is 12.9. The predicted molar refractivity (Wildman–Crippen MR) is 131 cm³/mol. The van der Waals surface area contributed by atoms with Gasteiger partial charge in [-0.3, -0.25) is 9.78 Å². The van der Waals surface area contributed by atoms with Crippen molar-refractivity contribution in [2.45, 2.75) is 57.4 Å². The number of halogens is 3. The lowest BCUT2D eigenvalue weighted by molar-refractivity contribution is -0.0503. The maximum absolute atomic E-state index is 12.9. The largest absolute Gasteiger partial charge is 0.395 e. The summed E-state index contributed by atoms with van der Waals surface area (Å²) in [5.74, 6) is 2.51. The molecule has 1 aromatic heterocycles. The summed E-state index contributed by atoms with van der Waals surface area (Å²) >= 11 is 6.29. The summed E-state index contributed by atoms with van der Waals surface area (Å²) < 4.78 is 0. The zero-order chi connectivity index (χ0) is 21.1. The zero-order valence-corrected chi connectivity index (χ0v) is 20.8. The molecule has 1 amide bonds. The van der Waals surface area contributed by atoms with Gasteiger partial charge in [0.25, 0.3) is 5.91 Å². The monoisotopic (exact) mass is 507 g/mol. The second-order valence-corrected chi connectivity index (χ2v) is 10.3. The van der Waals surface area contributed by atoms with E-state index in [2.05, 4.69) is 15.6 Å². The van der Waals surface area contributed by atoms with E-state index in [-0.39, 0.29) is 50.0 Å². The van der Waals surface area contributed by atoms with Gasteiger partial charge in [-0.15, -0.1) is 24.8 Å². The average molecular weight is 509 g/mol. The van der Waals surface area contributed by atoms with Gasteiger partial charge >= 0.3 is 0 Å². The fraction of sp³-hybridized carbons (Fsp3) is 0.739. The molecule has 182 valence electrons. The lowest BCUT2D eigenvalue weighted by Gasteiger charge is -2.56. The number of aliphatic hydroxyl groups excluding tert-OH is 2. The molecule has 4 fully saturated rings. The number of hydrogen-bond acceptors (Lipinski definition) is 5. The number of nitrogens with zero attached hydrogens (tertiary/aromatic N) is 1. The molecule has 1 heterocycles. The number of amides is 1. The van der Waals surface area contributed by atoms with Crippen LogP contribution in [-0.4, -0.2) is 53.4 Å². The Balaban J connectivity index is 0.00000181. The quantitative estimate of drug-likeness (QED) is 0.363. The highest BCUT2D eigenvalue weighted by molar-refractivity contribution is 6.33. The van der Waals surface area contributed by atoms with E-state index in [1.54, 1.807) is 12.3 Å². The third kappa shape index (κ3) is 6.49. The van der Waals surface area contributed by atoms with Gasteiger partial charge in [-0.1, -0.05) is 11.6 Å². The first-order valence-electron chi connectivity index (χ1n) is 11.4. The molecular weight excluding hydrogens is 473 g/mol. The third-order valence-corrected chi connectivity index (χ3v) is 7.73. The number of carbonyl (C=O) groups excluding carboxylic acids is 1. The van der Waals surface area contributed by atoms with Crippen molar-refractivity contribution in [3.05, 3.63) is 28.5 Å². The molecule has 9 heteroatoms. The van der Waals surface area contributed by atoms with Crippen molar-refractivity contribution < 1.29 is 15.0 Å². The number of hydrogen-bond donors (Lipinski definition) is 4. The molecule has 4 aliphatic rings. The average Bonchev–Trinajstić information content (AvgIpc) is 2.72. The normalized spacial score (nSPS) is 27.7. The Labute approximate surface area is 208 Å². The molecule has 0 spiro atoms. The zero-order valence-electron chi connectivity index (χ0n) is 18.4. The third-order valence-electron chi connectivity index (χ3n) is 7.43. The van der Waals surface area contributed by atoms with Crippen molar-refractivity contribution in [1.82, 2.24) is 15.6 Å². The van der Waals surface area contributed by atoms with Crippen LogP contribution in [0, 0.1) is 23.2 Å². The number of carbonyl (C=O) groups is 1. The van der Waals surface area contributed by atoms with Crippen LogP contribution in [0.3, 0.4) is 0 Å². The molecule has 4 aliphatic carbocycles. The number of pyridine rings is 1. The molecule has 1 aromatic rings. The minimum Gasteiger partial charge on any atom is -0.395 e. The second kappa shape index (κ2) is 12.2. The van der Waals surface area contributed by atoms with E-state index in [4.69, 9.17) is 21.8 Å². The summed E-state index contributed by atoms with van der Waals surface area (Å²) in [6.07, 6.45) is 11.1. The molecule has 0 aromatic carbocycles. The van der Waals surface area contributed by atoms with Gasteiger partial charge in [0.2, 0.25) is 0 Å². The Kier molecular flexibility index (Phi) is 10.5. The predicted octanol–water partition coefficient (Wildman–Crippen LogP) is 3.40. The maximum Gasteiger partial charge on any atom is 0.252 e. The Bertz CT molecular complexity index is 726. The van der Waals surface area contributed by atoms with Crippen molar-refractivity contribution in [2.75, 3.05) is 26.3 Å². The Morgan fingerprint density at radius 3 is 2.28 bits per heavy atom. The van der Waals surface area contributed by atoms with Crippen LogP contribution in [0.15, 0.2) is 12.3 Å². The Morgan fingerprint density at radius 1 is 1.12 bits per heavy atom. The highest BCUT2D eigenvalue weighted by Crippen LogP contribution is 2.59. The van der Waals surface area contributed by atoms with Crippen LogP contribution in [0.5, 0.6) is 0 Å². The Morgan fingerprint density at radius 2 is 1.72 bits per heavy atom. The van der Waals surface area contributed by atoms with Crippen molar-refractivity contribution in [3.8, 4) is 0 Å². The number of nitrogens with one attached hydrogen (secondary N) is 2. The van der Waals surface area contributed by atoms with Crippen molar-refractivity contribution in [2.24, 2.45) is 23.2 Å². The molecule has 0 atom stereocenters. The van der Waals surface area contributed by atoms with E-state index in [0.29, 0.717) is 29.0 Å². The summed E-state index contributed by atoms with van der Waals surface area (Å²) in [5, 5.41) is 24.9. The molecule has 4 saturated carbocycles. The first-order valence-corrected chi connectivity index (χ1v) is 11.8. The first kappa shape index (κ1) is 27.6. The second-order valence-electron chi connectivity index (χ2n) is 9.88. The number of rotatable bonds is 10. The van der Waals surface area contributed by atoms with Crippen LogP contribution in [0.2, 0.25) is 5.02 Å². The SMILES string of the molecule is Cl.Cl.O=C(NCC12CC3CC(CC(C3)C1)C2)c1cc(CCCNC(CO)CO)ncc1Cl.